The third-order valence-electron chi connectivity index (χ3n) is 5.85. The Morgan fingerprint density at radius 1 is 1.23 bits per heavy atom. The van der Waals surface area contributed by atoms with Crippen LogP contribution in [0.15, 0.2) is 4.21 Å². The molecule has 31 heavy (non-hydrogen) atoms. The summed E-state index contributed by atoms with van der Waals surface area (Å²) in [5.41, 5.74) is 10.9. The van der Waals surface area contributed by atoms with Gasteiger partial charge in [-0.05, 0) is 57.1 Å². The summed E-state index contributed by atoms with van der Waals surface area (Å²) in [5.74, 6) is 0. The molecule has 0 saturated heterocycles. The van der Waals surface area contributed by atoms with Crippen molar-refractivity contribution < 1.29 is 18.3 Å². The van der Waals surface area contributed by atoms with Gasteiger partial charge in [-0.3, -0.25) is 9.17 Å². The number of nitrogens with two attached hydrogens (primary N) is 1. The molecule has 2 aromatic rings. The van der Waals surface area contributed by atoms with E-state index in [1.807, 2.05) is 0 Å². The Hall–Kier alpha value is -1.88. The SMILES string of the molecule is CC(C)(O)c1nc2c(s1)S(=O)OC2.CC1(C)CCc2c1nc1c(c2NC(N)=O)CCC1. The fraction of sp³-hybridized carbons (Fsp3) is 0.571. The van der Waals surface area contributed by atoms with Gasteiger partial charge < -0.3 is 16.2 Å². The number of rotatable bonds is 2. The summed E-state index contributed by atoms with van der Waals surface area (Å²) < 4.78 is 16.7. The minimum absolute atomic E-state index is 0.112. The maximum absolute atomic E-state index is 11.2. The molecule has 0 radical (unpaired) electrons. The summed E-state index contributed by atoms with van der Waals surface area (Å²) in [6, 6.07) is -0.470. The van der Waals surface area contributed by atoms with Crippen LogP contribution in [0.3, 0.4) is 0 Å². The minimum atomic E-state index is -1.37. The number of aliphatic hydroxyl groups is 1. The van der Waals surface area contributed by atoms with E-state index in [0.717, 1.165) is 49.2 Å². The topological polar surface area (TPSA) is 127 Å². The van der Waals surface area contributed by atoms with Crippen molar-refractivity contribution in [1.29, 1.82) is 0 Å². The van der Waals surface area contributed by atoms with Gasteiger partial charge in [0, 0.05) is 11.1 Å². The van der Waals surface area contributed by atoms with Gasteiger partial charge in [0.2, 0.25) is 11.1 Å². The van der Waals surface area contributed by atoms with Crippen LogP contribution in [-0.2, 0) is 52.1 Å². The molecule has 2 aromatic heterocycles. The number of hydrogen-bond donors (Lipinski definition) is 3. The lowest BCUT2D eigenvalue weighted by atomic mass is 9.90. The number of carbonyl (C=O) groups excluding carboxylic acids is 1. The van der Waals surface area contributed by atoms with Crippen LogP contribution in [0.2, 0.25) is 0 Å². The molecule has 0 fully saturated rings. The van der Waals surface area contributed by atoms with Gasteiger partial charge >= 0.3 is 6.03 Å². The van der Waals surface area contributed by atoms with E-state index in [9.17, 15) is 14.1 Å². The van der Waals surface area contributed by atoms with E-state index in [-0.39, 0.29) is 12.0 Å². The number of urea groups is 1. The van der Waals surface area contributed by atoms with Crippen LogP contribution in [0.4, 0.5) is 10.5 Å². The number of nitrogens with one attached hydrogen (secondary N) is 1. The number of aryl methyl sites for hydroxylation is 1. The first-order valence-electron chi connectivity index (χ1n) is 10.4. The monoisotopic (exact) mass is 464 g/mol. The lowest BCUT2D eigenvalue weighted by Crippen LogP contribution is -2.22. The summed E-state index contributed by atoms with van der Waals surface area (Å²) in [6.45, 7) is 8.05. The molecule has 0 saturated carbocycles. The maximum Gasteiger partial charge on any atom is 0.316 e. The minimum Gasteiger partial charge on any atom is -0.383 e. The smallest absolute Gasteiger partial charge is 0.316 e. The third kappa shape index (κ3) is 4.26. The van der Waals surface area contributed by atoms with Crippen LogP contribution < -0.4 is 11.1 Å². The molecule has 4 N–H and O–H groups in total. The fourth-order valence-corrected chi connectivity index (χ4v) is 6.32. The zero-order valence-electron chi connectivity index (χ0n) is 18.2. The largest absolute Gasteiger partial charge is 0.383 e. The molecular weight excluding hydrogens is 436 g/mol. The predicted molar refractivity (Wildman–Crippen MR) is 119 cm³/mol. The molecule has 1 atom stereocenters. The number of primary amides is 1. The first-order valence-corrected chi connectivity index (χ1v) is 12.3. The van der Waals surface area contributed by atoms with Gasteiger partial charge in [-0.15, -0.1) is 11.3 Å². The summed E-state index contributed by atoms with van der Waals surface area (Å²) in [4.78, 5) is 20.2. The van der Waals surface area contributed by atoms with Crippen LogP contribution in [0, 0.1) is 0 Å². The number of pyridine rings is 1. The van der Waals surface area contributed by atoms with Crippen molar-refractivity contribution in [2.24, 2.45) is 5.73 Å². The second-order valence-electron chi connectivity index (χ2n) is 9.27. The summed E-state index contributed by atoms with van der Waals surface area (Å²) >= 11 is -0.116. The average Bonchev–Trinajstić information content (AvgIpc) is 3.41. The molecule has 0 spiro atoms. The standard InChI is InChI=1S/C14H19N3O.C7H9NO3S2/c1-14(2)7-6-9-11(17-13(15)18)8-4-3-5-10(8)16-12(9)14;1-7(2,9)6-8-4-3-11-13(10)5(4)12-6/h3-7H2,1-2H3,(H3,15,16,17,18);9H,3H2,1-2H3. The van der Waals surface area contributed by atoms with Crippen LogP contribution in [0.1, 0.15) is 73.8 Å². The Balaban J connectivity index is 0.000000158. The quantitative estimate of drug-likeness (QED) is 0.626. The highest BCUT2D eigenvalue weighted by Gasteiger charge is 2.36. The number of amides is 2. The van der Waals surface area contributed by atoms with Crippen LogP contribution >= 0.6 is 11.3 Å². The zero-order valence-corrected chi connectivity index (χ0v) is 19.8. The molecule has 3 aliphatic rings. The van der Waals surface area contributed by atoms with E-state index < -0.39 is 22.7 Å². The second kappa shape index (κ2) is 7.91. The molecule has 2 amide bonds. The first-order chi connectivity index (χ1) is 14.5. The molecule has 3 heterocycles. The van der Waals surface area contributed by atoms with Crippen LogP contribution in [-0.4, -0.2) is 25.3 Å². The van der Waals surface area contributed by atoms with Gasteiger partial charge in [0.05, 0.1) is 17.1 Å². The molecule has 2 aliphatic carbocycles. The van der Waals surface area contributed by atoms with Crippen molar-refractivity contribution in [3.8, 4) is 0 Å². The number of aromatic nitrogens is 2. The van der Waals surface area contributed by atoms with Crippen molar-refractivity contribution in [3.63, 3.8) is 0 Å². The molecule has 1 aliphatic heterocycles. The van der Waals surface area contributed by atoms with Gasteiger partial charge in [-0.2, -0.15) is 0 Å². The molecule has 5 rings (SSSR count). The highest BCUT2D eigenvalue weighted by atomic mass is 32.2. The Labute approximate surface area is 188 Å². The number of carbonyl (C=O) groups is 1. The Bertz CT molecular complexity index is 1070. The van der Waals surface area contributed by atoms with E-state index in [4.69, 9.17) is 14.9 Å². The number of fused-ring (bicyclic) bond motifs is 3. The second-order valence-corrected chi connectivity index (χ2v) is 11.6. The van der Waals surface area contributed by atoms with Gasteiger partial charge in [-0.1, -0.05) is 13.8 Å². The lowest BCUT2D eigenvalue weighted by molar-refractivity contribution is 0.0780. The number of hydrogen-bond acceptors (Lipinski definition) is 7. The van der Waals surface area contributed by atoms with E-state index in [1.54, 1.807) is 13.8 Å². The summed E-state index contributed by atoms with van der Waals surface area (Å²) in [7, 11) is 0. The van der Waals surface area contributed by atoms with Gasteiger partial charge in [0.25, 0.3) is 0 Å². The van der Waals surface area contributed by atoms with Crippen molar-refractivity contribution >= 4 is 34.1 Å². The molecule has 10 heteroatoms. The Morgan fingerprint density at radius 2 is 1.97 bits per heavy atom. The summed E-state index contributed by atoms with van der Waals surface area (Å²) in [6.07, 6.45) is 5.22. The van der Waals surface area contributed by atoms with E-state index in [2.05, 4.69) is 24.1 Å². The van der Waals surface area contributed by atoms with Crippen molar-refractivity contribution in [1.82, 2.24) is 9.97 Å². The average molecular weight is 465 g/mol. The summed E-state index contributed by atoms with van der Waals surface area (Å²) in [5, 5.41) is 13.1. The van der Waals surface area contributed by atoms with E-state index >= 15 is 0 Å². The van der Waals surface area contributed by atoms with Crippen LogP contribution in [0.25, 0.3) is 0 Å². The first kappa shape index (κ1) is 22.3. The van der Waals surface area contributed by atoms with Crippen LogP contribution in [0.5, 0.6) is 0 Å². The van der Waals surface area contributed by atoms with Gasteiger partial charge in [-0.25, -0.2) is 14.0 Å². The molecule has 168 valence electrons. The normalized spacial score (nSPS) is 20.5. The predicted octanol–water partition coefficient (Wildman–Crippen LogP) is 3.21. The molecule has 8 nitrogen and oxygen atoms in total. The zero-order chi connectivity index (χ0) is 22.6. The Morgan fingerprint density at radius 3 is 2.61 bits per heavy atom. The van der Waals surface area contributed by atoms with Crippen molar-refractivity contribution in [2.45, 2.75) is 81.6 Å². The van der Waals surface area contributed by atoms with Crippen molar-refractivity contribution in [3.05, 3.63) is 33.2 Å². The van der Waals surface area contributed by atoms with Gasteiger partial charge in [0.15, 0.2) is 0 Å². The number of thiazole rings is 1. The fourth-order valence-electron chi connectivity index (χ4n) is 4.24. The lowest BCUT2D eigenvalue weighted by Gasteiger charge is -2.20. The van der Waals surface area contributed by atoms with E-state index in [1.165, 1.54) is 22.5 Å². The third-order valence-corrected chi connectivity index (χ3v) is 8.59. The van der Waals surface area contributed by atoms with Gasteiger partial charge in [0.1, 0.15) is 21.4 Å². The number of anilines is 1. The molecule has 0 bridgehead atoms. The molecule has 0 aromatic carbocycles. The molecule has 1 unspecified atom stereocenters. The van der Waals surface area contributed by atoms with E-state index in [0.29, 0.717) is 14.9 Å². The molecular formula is C21H28N4O4S2. The highest BCUT2D eigenvalue weighted by Crippen LogP contribution is 2.44. The Kier molecular flexibility index (Phi) is 5.70. The number of nitrogens with zero attached hydrogens (tertiary/aromatic N) is 2. The highest BCUT2D eigenvalue weighted by molar-refractivity contribution is 7.83. The maximum atomic E-state index is 11.2. The van der Waals surface area contributed by atoms with Crippen molar-refractivity contribution in [2.75, 3.05) is 5.32 Å².